The number of aromatic nitrogens is 2. The van der Waals surface area contributed by atoms with Gasteiger partial charge in [-0.2, -0.15) is 9.78 Å². The molecule has 1 aliphatic rings. The van der Waals surface area contributed by atoms with Gasteiger partial charge in [0.05, 0.1) is 22.0 Å². The number of nitro groups is 1. The lowest BCUT2D eigenvalue weighted by Crippen LogP contribution is -2.25. The molecule has 4 aromatic rings. The third-order valence-corrected chi connectivity index (χ3v) is 7.09. The number of hydrogen-bond acceptors (Lipinski definition) is 7. The quantitative estimate of drug-likeness (QED) is 0.162. The molecule has 1 aliphatic carbocycles. The van der Waals surface area contributed by atoms with Gasteiger partial charge in [-0.15, -0.1) is 0 Å². The van der Waals surface area contributed by atoms with E-state index >= 15 is 0 Å². The van der Waals surface area contributed by atoms with Crippen molar-refractivity contribution >= 4 is 28.5 Å². The van der Waals surface area contributed by atoms with Crippen LogP contribution in [0, 0.1) is 10.1 Å². The largest absolute Gasteiger partial charge is 0.488 e. The third-order valence-electron chi connectivity index (χ3n) is 7.09. The van der Waals surface area contributed by atoms with Crippen LogP contribution < -0.4 is 15.2 Å². The van der Waals surface area contributed by atoms with Crippen LogP contribution in [0.4, 0.5) is 11.4 Å². The number of rotatable bonds is 8. The summed E-state index contributed by atoms with van der Waals surface area (Å²) in [5.41, 5.74) is 2.79. The molecule has 1 fully saturated rings. The average Bonchev–Trinajstić information content (AvgIpc) is 2.96. The van der Waals surface area contributed by atoms with Gasteiger partial charge in [0.25, 0.3) is 11.2 Å². The van der Waals surface area contributed by atoms with Crippen molar-refractivity contribution in [3.8, 4) is 5.75 Å². The Balaban J connectivity index is 1.52. The highest BCUT2D eigenvalue weighted by molar-refractivity contribution is 5.85. The van der Waals surface area contributed by atoms with Crippen molar-refractivity contribution in [2.24, 2.45) is 5.10 Å². The molecule has 0 amide bonds. The molecule has 200 valence electrons. The van der Waals surface area contributed by atoms with Crippen molar-refractivity contribution in [1.82, 2.24) is 9.66 Å². The third kappa shape index (κ3) is 5.82. The Kier molecular flexibility index (Phi) is 7.67. The van der Waals surface area contributed by atoms with Gasteiger partial charge >= 0.3 is 0 Å². The summed E-state index contributed by atoms with van der Waals surface area (Å²) in [5, 5.41) is 16.4. The molecule has 0 spiro atoms. The van der Waals surface area contributed by atoms with Gasteiger partial charge in [0.1, 0.15) is 18.2 Å². The van der Waals surface area contributed by atoms with Crippen LogP contribution >= 0.6 is 0 Å². The normalized spacial score (nSPS) is 14.1. The van der Waals surface area contributed by atoms with Crippen LogP contribution in [0.1, 0.15) is 55.0 Å². The second kappa shape index (κ2) is 11.5. The summed E-state index contributed by atoms with van der Waals surface area (Å²) in [6.07, 6.45) is 7.01. The fraction of sp³-hybridized carbons (Fsp3) is 0.300. The predicted octanol–water partition coefficient (Wildman–Crippen LogP) is 5.88. The van der Waals surface area contributed by atoms with Crippen LogP contribution in [0.2, 0.25) is 0 Å². The van der Waals surface area contributed by atoms with E-state index in [9.17, 15) is 14.9 Å². The molecule has 0 N–H and O–H groups in total. The van der Waals surface area contributed by atoms with E-state index in [0.29, 0.717) is 33.6 Å². The minimum atomic E-state index is -0.423. The first kappa shape index (κ1) is 26.1. The van der Waals surface area contributed by atoms with Crippen LogP contribution in [0.25, 0.3) is 10.9 Å². The number of nitrogens with zero attached hydrogens (tertiary/aromatic N) is 5. The van der Waals surface area contributed by atoms with Crippen LogP contribution in [0.3, 0.4) is 0 Å². The van der Waals surface area contributed by atoms with Gasteiger partial charge in [0.15, 0.2) is 0 Å². The van der Waals surface area contributed by atoms with Crippen molar-refractivity contribution in [2.45, 2.75) is 44.6 Å². The van der Waals surface area contributed by atoms with E-state index in [1.54, 1.807) is 24.4 Å². The minimum Gasteiger partial charge on any atom is -0.488 e. The zero-order valence-electron chi connectivity index (χ0n) is 22.1. The summed E-state index contributed by atoms with van der Waals surface area (Å²) in [7, 11) is 3.87. The van der Waals surface area contributed by atoms with Gasteiger partial charge in [-0.05, 0) is 42.7 Å². The highest BCUT2D eigenvalue weighted by atomic mass is 16.6. The maximum Gasteiger partial charge on any atom is 0.282 e. The lowest BCUT2D eigenvalue weighted by atomic mass is 9.88. The maximum atomic E-state index is 13.6. The molecule has 1 saturated carbocycles. The highest BCUT2D eigenvalue weighted by Crippen LogP contribution is 2.32. The molecule has 3 aromatic carbocycles. The van der Waals surface area contributed by atoms with Gasteiger partial charge in [-0.3, -0.25) is 14.9 Å². The smallest absolute Gasteiger partial charge is 0.282 e. The second-order valence-electron chi connectivity index (χ2n) is 10.0. The molecule has 0 aliphatic heterocycles. The molecule has 0 saturated heterocycles. The summed E-state index contributed by atoms with van der Waals surface area (Å²) < 4.78 is 7.59. The van der Waals surface area contributed by atoms with Crippen molar-refractivity contribution in [2.75, 3.05) is 19.0 Å². The summed E-state index contributed by atoms with van der Waals surface area (Å²) in [6.45, 7) is 0.143. The van der Waals surface area contributed by atoms with Gasteiger partial charge in [-0.1, -0.05) is 43.5 Å². The van der Waals surface area contributed by atoms with E-state index < -0.39 is 4.92 Å². The first-order valence-electron chi connectivity index (χ1n) is 13.1. The van der Waals surface area contributed by atoms with E-state index in [1.807, 2.05) is 55.4 Å². The first-order valence-corrected chi connectivity index (χ1v) is 13.1. The predicted molar refractivity (Wildman–Crippen MR) is 153 cm³/mol. The van der Waals surface area contributed by atoms with Crippen LogP contribution in [0.5, 0.6) is 5.75 Å². The van der Waals surface area contributed by atoms with E-state index in [4.69, 9.17) is 9.72 Å². The van der Waals surface area contributed by atoms with E-state index in [-0.39, 0.29) is 23.8 Å². The van der Waals surface area contributed by atoms with Gasteiger partial charge in [-0.25, -0.2) is 4.98 Å². The van der Waals surface area contributed by atoms with Gasteiger partial charge in [0, 0.05) is 49.5 Å². The molecule has 1 heterocycles. The van der Waals surface area contributed by atoms with Crippen molar-refractivity contribution in [3.63, 3.8) is 0 Å². The zero-order valence-corrected chi connectivity index (χ0v) is 22.1. The molecule has 0 bridgehead atoms. The molecule has 39 heavy (non-hydrogen) atoms. The lowest BCUT2D eigenvalue weighted by molar-refractivity contribution is -0.384. The molecular formula is C30H31N5O4. The minimum absolute atomic E-state index is 0.0124. The fourth-order valence-electron chi connectivity index (χ4n) is 4.95. The molecule has 0 unspecified atom stereocenters. The standard InChI is InChI=1S/C30H31N5O4/c1-33(2)24-16-15-23(28(18-24)39-20-21-9-8-12-25(17-21)35(37)38)19-31-34-29(22-10-4-3-5-11-22)32-27-14-7-6-13-26(27)30(34)36/h6-9,12-19,22H,3-5,10-11,20H2,1-2H3. The number of non-ortho nitro benzene ring substituents is 1. The Morgan fingerprint density at radius 2 is 1.87 bits per heavy atom. The Morgan fingerprint density at radius 1 is 1.08 bits per heavy atom. The number of nitro benzene ring substituents is 1. The Morgan fingerprint density at radius 3 is 2.64 bits per heavy atom. The zero-order chi connectivity index (χ0) is 27.4. The Hall–Kier alpha value is -4.53. The van der Waals surface area contributed by atoms with Crippen LogP contribution in [-0.4, -0.2) is 34.9 Å². The summed E-state index contributed by atoms with van der Waals surface area (Å²) in [5.74, 6) is 1.42. The van der Waals surface area contributed by atoms with Gasteiger partial charge < -0.3 is 9.64 Å². The molecule has 0 atom stereocenters. The number of ether oxygens (including phenoxy) is 1. The summed E-state index contributed by atoms with van der Waals surface area (Å²) >= 11 is 0. The Labute approximate surface area is 226 Å². The van der Waals surface area contributed by atoms with Gasteiger partial charge in [0.2, 0.25) is 0 Å². The average molecular weight is 526 g/mol. The first-order chi connectivity index (χ1) is 18.9. The number of para-hydroxylation sites is 1. The molecule has 1 aromatic heterocycles. The molecule has 5 rings (SSSR count). The van der Waals surface area contributed by atoms with Crippen molar-refractivity contribution < 1.29 is 9.66 Å². The van der Waals surface area contributed by atoms with Crippen molar-refractivity contribution in [1.29, 1.82) is 0 Å². The van der Waals surface area contributed by atoms with E-state index in [1.165, 1.54) is 23.2 Å². The number of anilines is 1. The van der Waals surface area contributed by atoms with Crippen molar-refractivity contribution in [3.05, 3.63) is 104 Å². The Bertz CT molecular complexity index is 1590. The molecular weight excluding hydrogens is 494 g/mol. The topological polar surface area (TPSA) is 103 Å². The summed E-state index contributed by atoms with van der Waals surface area (Å²) in [4.78, 5) is 31.2. The monoisotopic (exact) mass is 525 g/mol. The van der Waals surface area contributed by atoms with Crippen LogP contribution in [0.15, 0.2) is 76.6 Å². The lowest BCUT2D eigenvalue weighted by Gasteiger charge is -2.22. The van der Waals surface area contributed by atoms with E-state index in [2.05, 4.69) is 5.10 Å². The highest BCUT2D eigenvalue weighted by Gasteiger charge is 2.22. The summed E-state index contributed by atoms with van der Waals surface area (Å²) in [6, 6.07) is 19.5. The number of benzene rings is 3. The molecule has 9 heteroatoms. The molecule has 9 nitrogen and oxygen atoms in total. The second-order valence-corrected chi connectivity index (χ2v) is 10.0. The van der Waals surface area contributed by atoms with Crippen LogP contribution in [-0.2, 0) is 6.61 Å². The number of hydrogen-bond donors (Lipinski definition) is 0. The van der Waals surface area contributed by atoms with E-state index in [0.717, 1.165) is 31.4 Å². The molecule has 0 radical (unpaired) electrons. The SMILES string of the molecule is CN(C)c1ccc(C=Nn2c(C3CCCCC3)nc3ccccc3c2=O)c(OCc2cccc([N+](=O)[O-])c2)c1. The number of fused-ring (bicyclic) bond motifs is 1. The maximum absolute atomic E-state index is 13.6. The fourth-order valence-corrected chi connectivity index (χ4v) is 4.95.